The lowest BCUT2D eigenvalue weighted by Crippen LogP contribution is -2.63. The van der Waals surface area contributed by atoms with Crippen LogP contribution in [-0.4, -0.2) is 123 Å². The van der Waals surface area contributed by atoms with Crippen LogP contribution in [0.2, 0.25) is 0 Å². The second kappa shape index (κ2) is 11.6. The van der Waals surface area contributed by atoms with Crippen LogP contribution in [0, 0.1) is 0 Å². The molecule has 30 heavy (non-hydrogen) atoms. The summed E-state index contributed by atoms with van der Waals surface area (Å²) in [5, 5.41) is 69.1. The van der Waals surface area contributed by atoms with Gasteiger partial charge in [0.15, 0.2) is 12.6 Å². The first-order valence-electron chi connectivity index (χ1n) is 9.72. The Bertz CT molecular complexity index is 537. The SMILES string of the molecule is NCCCCC(=O)OCC1OC(OC2OC(CO)C(O)C(O)C2O)C(O)C(O)C1O. The number of unbranched alkanes of at least 4 members (excludes halogenated alkanes) is 1. The van der Waals surface area contributed by atoms with Crippen LogP contribution in [0.4, 0.5) is 0 Å². The second-order valence-electron chi connectivity index (χ2n) is 7.28. The van der Waals surface area contributed by atoms with Gasteiger partial charge in [-0.05, 0) is 19.4 Å². The molecule has 13 nitrogen and oxygen atoms in total. The molecule has 2 heterocycles. The number of nitrogens with two attached hydrogens (primary N) is 1. The first-order chi connectivity index (χ1) is 14.2. The van der Waals surface area contributed by atoms with Crippen LogP contribution in [0.5, 0.6) is 0 Å². The summed E-state index contributed by atoms with van der Waals surface area (Å²) in [6, 6.07) is 0. The number of rotatable bonds is 9. The molecule has 2 aliphatic heterocycles. The fourth-order valence-corrected chi connectivity index (χ4v) is 3.14. The average Bonchev–Trinajstić information content (AvgIpc) is 2.73. The maximum absolute atomic E-state index is 11.7. The minimum atomic E-state index is -1.77. The van der Waals surface area contributed by atoms with Crippen LogP contribution < -0.4 is 5.73 Å². The van der Waals surface area contributed by atoms with Crippen molar-refractivity contribution in [1.82, 2.24) is 0 Å². The molecule has 0 spiro atoms. The number of aliphatic hydroxyl groups is 7. The molecule has 0 aromatic rings. The highest BCUT2D eigenvalue weighted by molar-refractivity contribution is 5.69. The lowest BCUT2D eigenvalue weighted by molar-refractivity contribution is -0.376. The molecule has 0 radical (unpaired) electrons. The molecule has 176 valence electrons. The molecule has 2 saturated heterocycles. The Kier molecular flexibility index (Phi) is 9.77. The van der Waals surface area contributed by atoms with Gasteiger partial charge in [0.1, 0.15) is 55.4 Å². The number of carbonyl (C=O) groups excluding carboxylic acids is 1. The number of esters is 1. The van der Waals surface area contributed by atoms with E-state index < -0.39 is 80.6 Å². The highest BCUT2D eigenvalue weighted by Gasteiger charge is 2.49. The number of aliphatic hydroxyl groups excluding tert-OH is 7. The van der Waals surface area contributed by atoms with Crippen LogP contribution in [0.1, 0.15) is 19.3 Å². The first kappa shape index (κ1) is 25.3. The molecule has 0 saturated carbocycles. The van der Waals surface area contributed by atoms with Gasteiger partial charge in [-0.2, -0.15) is 0 Å². The van der Waals surface area contributed by atoms with Crippen molar-refractivity contribution in [3.63, 3.8) is 0 Å². The Hall–Kier alpha value is -0.970. The second-order valence-corrected chi connectivity index (χ2v) is 7.28. The summed E-state index contributed by atoms with van der Waals surface area (Å²) in [4.78, 5) is 11.7. The molecule has 0 aromatic carbocycles. The maximum atomic E-state index is 11.7. The fourth-order valence-electron chi connectivity index (χ4n) is 3.14. The predicted octanol–water partition coefficient (Wildman–Crippen LogP) is -4.72. The van der Waals surface area contributed by atoms with E-state index in [0.29, 0.717) is 19.4 Å². The maximum Gasteiger partial charge on any atom is 0.305 e. The Morgan fingerprint density at radius 3 is 1.87 bits per heavy atom. The average molecular weight is 441 g/mol. The van der Waals surface area contributed by atoms with Gasteiger partial charge in [0.2, 0.25) is 0 Å². The van der Waals surface area contributed by atoms with E-state index in [4.69, 9.17) is 24.7 Å². The third-order valence-electron chi connectivity index (χ3n) is 5.03. The Morgan fingerprint density at radius 1 is 0.800 bits per heavy atom. The molecule has 0 aromatic heterocycles. The molecule has 10 atom stereocenters. The highest BCUT2D eigenvalue weighted by Crippen LogP contribution is 2.28. The van der Waals surface area contributed by atoms with E-state index in [-0.39, 0.29) is 6.42 Å². The standard InChI is InChI=1S/C17H31NO12/c18-4-2-1-3-9(20)27-6-8-11(22)13(24)15(26)17(29-8)30-16-14(25)12(23)10(21)7(5-19)28-16/h7-8,10-17,19,21-26H,1-6,18H2. The summed E-state index contributed by atoms with van der Waals surface area (Å²) in [7, 11) is 0. The van der Waals surface area contributed by atoms with Gasteiger partial charge in [0.25, 0.3) is 0 Å². The number of hydrogen-bond donors (Lipinski definition) is 8. The summed E-state index contributed by atoms with van der Waals surface area (Å²) in [6.07, 6.45) is -14.8. The van der Waals surface area contributed by atoms with E-state index in [0.717, 1.165) is 0 Å². The zero-order valence-electron chi connectivity index (χ0n) is 16.3. The van der Waals surface area contributed by atoms with Gasteiger partial charge in [-0.3, -0.25) is 4.79 Å². The van der Waals surface area contributed by atoms with Crippen molar-refractivity contribution < 1.29 is 59.5 Å². The van der Waals surface area contributed by atoms with Crippen LogP contribution in [0.25, 0.3) is 0 Å². The van der Waals surface area contributed by atoms with Gasteiger partial charge in [0.05, 0.1) is 6.61 Å². The van der Waals surface area contributed by atoms with E-state index in [1.165, 1.54) is 0 Å². The van der Waals surface area contributed by atoms with Crippen molar-refractivity contribution in [1.29, 1.82) is 0 Å². The summed E-state index contributed by atoms with van der Waals surface area (Å²) >= 11 is 0. The quantitative estimate of drug-likeness (QED) is 0.125. The lowest BCUT2D eigenvalue weighted by atomic mass is 9.98. The topological polar surface area (TPSA) is 222 Å². The van der Waals surface area contributed by atoms with Crippen LogP contribution in [0.3, 0.4) is 0 Å². The van der Waals surface area contributed by atoms with Gasteiger partial charge in [0, 0.05) is 6.42 Å². The highest BCUT2D eigenvalue weighted by atomic mass is 16.8. The van der Waals surface area contributed by atoms with Gasteiger partial charge >= 0.3 is 5.97 Å². The van der Waals surface area contributed by atoms with Crippen LogP contribution in [0.15, 0.2) is 0 Å². The predicted molar refractivity (Wildman–Crippen MR) is 95.4 cm³/mol. The van der Waals surface area contributed by atoms with Crippen LogP contribution >= 0.6 is 0 Å². The van der Waals surface area contributed by atoms with Crippen molar-refractivity contribution >= 4 is 5.97 Å². The fraction of sp³-hybridized carbons (Fsp3) is 0.941. The Balaban J connectivity index is 1.97. The smallest absolute Gasteiger partial charge is 0.305 e. The zero-order valence-corrected chi connectivity index (χ0v) is 16.3. The van der Waals surface area contributed by atoms with E-state index in [9.17, 15) is 40.5 Å². The number of ether oxygens (including phenoxy) is 4. The van der Waals surface area contributed by atoms with Gasteiger partial charge in [-0.1, -0.05) is 0 Å². The minimum Gasteiger partial charge on any atom is -0.463 e. The largest absolute Gasteiger partial charge is 0.463 e. The Labute approximate surface area is 172 Å². The molecule has 10 unspecified atom stereocenters. The first-order valence-corrected chi connectivity index (χ1v) is 9.72. The third kappa shape index (κ3) is 6.05. The molecule has 2 aliphatic rings. The summed E-state index contributed by atoms with van der Waals surface area (Å²) in [5.74, 6) is -0.564. The molecule has 0 amide bonds. The normalized spacial score (nSPS) is 42.1. The van der Waals surface area contributed by atoms with Crippen LogP contribution in [-0.2, 0) is 23.7 Å². The molecule has 0 bridgehead atoms. The lowest BCUT2D eigenvalue weighted by Gasteiger charge is -2.44. The Morgan fingerprint density at radius 2 is 1.33 bits per heavy atom. The van der Waals surface area contributed by atoms with E-state index >= 15 is 0 Å². The number of carbonyl (C=O) groups is 1. The molecule has 13 heteroatoms. The summed E-state index contributed by atoms with van der Waals surface area (Å²) < 4.78 is 20.8. The van der Waals surface area contributed by atoms with Crippen molar-refractivity contribution in [3.05, 3.63) is 0 Å². The molecular weight excluding hydrogens is 410 g/mol. The van der Waals surface area contributed by atoms with E-state index in [1.807, 2.05) is 0 Å². The summed E-state index contributed by atoms with van der Waals surface area (Å²) in [5.41, 5.74) is 5.35. The number of hydrogen-bond acceptors (Lipinski definition) is 13. The van der Waals surface area contributed by atoms with Crippen molar-refractivity contribution in [2.24, 2.45) is 5.73 Å². The molecular formula is C17H31NO12. The molecule has 0 aliphatic carbocycles. The zero-order chi connectivity index (χ0) is 22.4. The van der Waals surface area contributed by atoms with Gasteiger partial charge in [-0.25, -0.2) is 0 Å². The molecule has 2 fully saturated rings. The minimum absolute atomic E-state index is 0.107. The van der Waals surface area contributed by atoms with Crippen molar-refractivity contribution in [2.45, 2.75) is 80.7 Å². The monoisotopic (exact) mass is 441 g/mol. The van der Waals surface area contributed by atoms with E-state index in [2.05, 4.69) is 0 Å². The van der Waals surface area contributed by atoms with E-state index in [1.54, 1.807) is 0 Å². The van der Waals surface area contributed by atoms with Crippen molar-refractivity contribution in [3.8, 4) is 0 Å². The molecule has 2 rings (SSSR count). The third-order valence-corrected chi connectivity index (χ3v) is 5.03. The summed E-state index contributed by atoms with van der Waals surface area (Å²) in [6.45, 7) is -0.706. The molecule has 9 N–H and O–H groups in total. The van der Waals surface area contributed by atoms with Gasteiger partial charge < -0.3 is 60.4 Å². The van der Waals surface area contributed by atoms with Crippen molar-refractivity contribution in [2.75, 3.05) is 19.8 Å². The van der Waals surface area contributed by atoms with Gasteiger partial charge in [-0.15, -0.1) is 0 Å².